The Balaban J connectivity index is 1.25. The number of likely N-dealkylation sites (tertiary alicyclic amines) is 1. The molecule has 0 aliphatic carbocycles. The maximum absolute atomic E-state index is 14.0. The van der Waals surface area contributed by atoms with E-state index in [2.05, 4.69) is 25.1 Å². The van der Waals surface area contributed by atoms with E-state index in [1.807, 2.05) is 30.3 Å². The maximum atomic E-state index is 14.0. The molecule has 200 valence electrons. The molecule has 1 fully saturated rings. The van der Waals surface area contributed by atoms with Crippen molar-refractivity contribution >= 4 is 21.8 Å². The van der Waals surface area contributed by atoms with E-state index in [0.717, 1.165) is 50.3 Å². The Morgan fingerprint density at radius 2 is 1.75 bits per heavy atom. The number of benzene rings is 2. The molecule has 0 atom stereocenters. The van der Waals surface area contributed by atoms with Gasteiger partial charge >= 0.3 is 0 Å². The first kappa shape index (κ1) is 24.3. The van der Waals surface area contributed by atoms with Gasteiger partial charge in [-0.25, -0.2) is 13.2 Å². The van der Waals surface area contributed by atoms with Gasteiger partial charge in [-0.2, -0.15) is 5.10 Å². The number of aromatic hydroxyl groups is 1. The van der Waals surface area contributed by atoms with Crippen LogP contribution in [-0.2, 0) is 6.54 Å². The minimum absolute atomic E-state index is 0.115. The molecule has 40 heavy (non-hydrogen) atoms. The average Bonchev–Trinajstić information content (AvgIpc) is 3.63. The summed E-state index contributed by atoms with van der Waals surface area (Å²) in [4.78, 5) is 13.8. The number of phenolic OH excluding ortho intramolecular Hbond substituents is 1. The molecule has 0 radical (unpaired) electrons. The summed E-state index contributed by atoms with van der Waals surface area (Å²) in [5, 5.41) is 19.2. The molecule has 7 rings (SSSR count). The van der Waals surface area contributed by atoms with Gasteiger partial charge < -0.3 is 10.1 Å². The van der Waals surface area contributed by atoms with E-state index in [-0.39, 0.29) is 18.7 Å². The summed E-state index contributed by atoms with van der Waals surface area (Å²) in [6.45, 7) is 0.553. The largest absolute Gasteiger partial charge is 0.508 e. The first-order valence-electron chi connectivity index (χ1n) is 12.8. The lowest BCUT2D eigenvalue weighted by Gasteiger charge is -2.15. The highest BCUT2D eigenvalue weighted by atomic mass is 19.3. The van der Waals surface area contributed by atoms with Crippen molar-refractivity contribution in [1.29, 1.82) is 0 Å². The van der Waals surface area contributed by atoms with Crippen molar-refractivity contribution in [1.82, 2.24) is 30.0 Å². The van der Waals surface area contributed by atoms with Crippen molar-refractivity contribution in [3.8, 4) is 39.4 Å². The van der Waals surface area contributed by atoms with Gasteiger partial charge in [0, 0.05) is 66.1 Å². The van der Waals surface area contributed by atoms with Crippen LogP contribution < -0.4 is 0 Å². The van der Waals surface area contributed by atoms with Crippen LogP contribution in [0.2, 0.25) is 0 Å². The highest BCUT2D eigenvalue weighted by Gasteiger charge is 2.37. The summed E-state index contributed by atoms with van der Waals surface area (Å²) in [7, 11) is 0. The number of halogens is 3. The number of aromatic amines is 2. The minimum atomic E-state index is -2.63. The third kappa shape index (κ3) is 4.46. The molecule has 7 nitrogen and oxygen atoms in total. The Kier molecular flexibility index (Phi) is 5.60. The van der Waals surface area contributed by atoms with Crippen molar-refractivity contribution in [2.75, 3.05) is 13.1 Å². The zero-order chi connectivity index (χ0) is 27.4. The number of pyridine rings is 2. The molecule has 0 amide bonds. The van der Waals surface area contributed by atoms with Gasteiger partial charge in [0.05, 0.1) is 29.5 Å². The lowest BCUT2D eigenvalue weighted by molar-refractivity contribution is 0.0115. The smallest absolute Gasteiger partial charge is 0.261 e. The molecule has 1 saturated heterocycles. The van der Waals surface area contributed by atoms with E-state index in [1.165, 1.54) is 12.1 Å². The fourth-order valence-corrected chi connectivity index (χ4v) is 5.47. The number of H-pyrrole nitrogens is 2. The molecule has 0 spiro atoms. The lowest BCUT2D eigenvalue weighted by Crippen LogP contribution is -2.24. The number of fused-ring (bicyclic) bond motifs is 2. The average molecular weight is 541 g/mol. The van der Waals surface area contributed by atoms with Crippen molar-refractivity contribution in [2.24, 2.45) is 0 Å². The number of alkyl halides is 2. The Morgan fingerprint density at radius 3 is 2.58 bits per heavy atom. The van der Waals surface area contributed by atoms with Crippen molar-refractivity contribution < 1.29 is 18.3 Å². The number of aromatic nitrogens is 5. The minimum Gasteiger partial charge on any atom is -0.508 e. The van der Waals surface area contributed by atoms with Gasteiger partial charge in [0.25, 0.3) is 5.92 Å². The van der Waals surface area contributed by atoms with Crippen LogP contribution in [0.1, 0.15) is 12.0 Å². The molecular weight excluding hydrogens is 517 g/mol. The molecule has 0 unspecified atom stereocenters. The van der Waals surface area contributed by atoms with Gasteiger partial charge in [-0.15, -0.1) is 0 Å². The molecule has 0 saturated carbocycles. The molecule has 1 aliphatic heterocycles. The second kappa shape index (κ2) is 9.20. The normalized spacial score (nSPS) is 15.4. The van der Waals surface area contributed by atoms with Crippen LogP contribution in [0.4, 0.5) is 13.2 Å². The molecule has 10 heteroatoms. The molecular formula is C30H23F3N6O. The van der Waals surface area contributed by atoms with E-state index in [9.17, 15) is 18.3 Å². The number of hydrogen-bond acceptors (Lipinski definition) is 5. The fraction of sp³-hybridized carbons (Fsp3) is 0.167. The van der Waals surface area contributed by atoms with Gasteiger partial charge in [0.1, 0.15) is 17.3 Å². The van der Waals surface area contributed by atoms with Gasteiger partial charge in [-0.3, -0.25) is 20.0 Å². The van der Waals surface area contributed by atoms with Gasteiger partial charge in [0.15, 0.2) is 0 Å². The summed E-state index contributed by atoms with van der Waals surface area (Å²) in [6, 6.07) is 13.8. The molecule has 1 aliphatic rings. The predicted octanol–water partition coefficient (Wildman–Crippen LogP) is 6.52. The van der Waals surface area contributed by atoms with Crippen LogP contribution in [0.25, 0.3) is 55.4 Å². The van der Waals surface area contributed by atoms with Gasteiger partial charge in [-0.1, -0.05) is 6.07 Å². The number of hydrogen-bond donors (Lipinski definition) is 3. The highest BCUT2D eigenvalue weighted by Crippen LogP contribution is 2.36. The summed E-state index contributed by atoms with van der Waals surface area (Å²) < 4.78 is 41.3. The van der Waals surface area contributed by atoms with Crippen molar-refractivity contribution in [3.05, 3.63) is 84.7 Å². The van der Waals surface area contributed by atoms with E-state index >= 15 is 0 Å². The lowest BCUT2D eigenvalue weighted by atomic mass is 10.0. The summed E-state index contributed by atoms with van der Waals surface area (Å²) >= 11 is 0. The van der Waals surface area contributed by atoms with Crippen LogP contribution in [0.3, 0.4) is 0 Å². The monoisotopic (exact) mass is 540 g/mol. The predicted molar refractivity (Wildman–Crippen MR) is 146 cm³/mol. The van der Waals surface area contributed by atoms with E-state index < -0.39 is 11.7 Å². The van der Waals surface area contributed by atoms with E-state index in [1.54, 1.807) is 29.7 Å². The van der Waals surface area contributed by atoms with Crippen molar-refractivity contribution in [2.45, 2.75) is 18.9 Å². The Hall–Kier alpha value is -4.70. The van der Waals surface area contributed by atoms with Crippen LogP contribution in [0.5, 0.6) is 5.75 Å². The number of nitrogens with zero attached hydrogens (tertiary/aromatic N) is 4. The zero-order valence-electron chi connectivity index (χ0n) is 21.1. The van der Waals surface area contributed by atoms with Gasteiger partial charge in [0.2, 0.25) is 0 Å². The van der Waals surface area contributed by atoms with Crippen molar-refractivity contribution in [3.63, 3.8) is 0 Å². The Bertz CT molecular complexity index is 1880. The highest BCUT2D eigenvalue weighted by molar-refractivity contribution is 6.01. The third-order valence-electron chi connectivity index (χ3n) is 7.34. The molecule has 2 aromatic carbocycles. The fourth-order valence-electron chi connectivity index (χ4n) is 5.47. The quantitative estimate of drug-likeness (QED) is 0.232. The zero-order valence-corrected chi connectivity index (χ0v) is 21.1. The van der Waals surface area contributed by atoms with E-state index in [0.29, 0.717) is 29.9 Å². The molecule has 4 aromatic heterocycles. The number of rotatable bonds is 5. The standard InChI is InChI=1S/C30H23F3N6O/c31-21-6-19(7-22(40)9-21)25-13-35-14-28-23(25)10-27(36-28)29-24-8-18(1-2-26(24)37-38-29)20-5-17(11-34-12-20)15-39-4-3-30(32,33)16-39/h1-2,5-14,36,40H,3-4,15-16H2,(H,37,38). The number of nitrogens with one attached hydrogen (secondary N) is 2. The molecule has 0 bridgehead atoms. The van der Waals surface area contributed by atoms with E-state index in [4.69, 9.17) is 0 Å². The van der Waals surface area contributed by atoms with Crippen LogP contribution in [0, 0.1) is 5.82 Å². The molecule has 6 aromatic rings. The van der Waals surface area contributed by atoms with Gasteiger partial charge in [-0.05, 0) is 53.1 Å². The summed E-state index contributed by atoms with van der Waals surface area (Å²) in [6.07, 6.45) is 6.69. The molecule has 5 heterocycles. The van der Waals surface area contributed by atoms with Crippen LogP contribution >= 0.6 is 0 Å². The maximum Gasteiger partial charge on any atom is 0.261 e. The first-order valence-corrected chi connectivity index (χ1v) is 12.8. The first-order chi connectivity index (χ1) is 19.3. The summed E-state index contributed by atoms with van der Waals surface area (Å²) in [5.41, 5.74) is 6.90. The molecule has 3 N–H and O–H groups in total. The second-order valence-corrected chi connectivity index (χ2v) is 10.3. The number of phenols is 1. The third-order valence-corrected chi connectivity index (χ3v) is 7.34. The Labute approximate surface area is 226 Å². The summed E-state index contributed by atoms with van der Waals surface area (Å²) in [5.74, 6) is -3.33. The SMILES string of the molecule is Oc1cc(F)cc(-c2cncc3[nH]c(-c4n[nH]c5ccc(-c6cncc(CN7CCC(F)(F)C7)c6)cc45)cc23)c1. The Morgan fingerprint density at radius 1 is 0.875 bits per heavy atom. The topological polar surface area (TPSA) is 93.7 Å². The van der Waals surface area contributed by atoms with Crippen LogP contribution in [-0.4, -0.2) is 54.2 Å². The second-order valence-electron chi connectivity index (χ2n) is 10.3. The van der Waals surface area contributed by atoms with Crippen LogP contribution in [0.15, 0.2) is 73.3 Å².